The number of aromatic nitrogens is 2. The van der Waals surface area contributed by atoms with Crippen molar-refractivity contribution in [1.29, 1.82) is 0 Å². The Kier molecular flexibility index (Phi) is 4.33. The number of carbonyl (C=O) groups excluding carboxylic acids is 1. The van der Waals surface area contributed by atoms with E-state index < -0.39 is 0 Å². The number of likely N-dealkylation sites (tertiary alicyclic amines) is 1. The van der Waals surface area contributed by atoms with Crippen molar-refractivity contribution in [3.63, 3.8) is 0 Å². The van der Waals surface area contributed by atoms with Crippen LogP contribution in [-0.4, -0.2) is 27.5 Å². The smallest absolute Gasteiger partial charge is 0.227 e. The average Bonchev–Trinajstić information content (AvgIpc) is 3.41. The molecule has 1 fully saturated rings. The molecule has 3 heterocycles. The fourth-order valence-corrected chi connectivity index (χ4v) is 3.26. The van der Waals surface area contributed by atoms with E-state index in [0.29, 0.717) is 24.6 Å². The number of carbonyl (C=O) groups is 1. The largest absolute Gasteiger partial charge is 0.467 e. The minimum Gasteiger partial charge on any atom is -0.467 e. The summed E-state index contributed by atoms with van der Waals surface area (Å²) in [6.45, 7) is 0.767. The predicted octanol–water partition coefficient (Wildman–Crippen LogP) is 3.63. The first-order chi connectivity index (χ1) is 12.3. The third-order valence-electron chi connectivity index (χ3n) is 4.50. The lowest BCUT2D eigenvalue weighted by Gasteiger charge is -2.22. The third kappa shape index (κ3) is 3.33. The molecule has 1 aliphatic rings. The Morgan fingerprint density at radius 1 is 1.20 bits per heavy atom. The van der Waals surface area contributed by atoms with Gasteiger partial charge in [-0.1, -0.05) is 35.5 Å². The first-order valence-electron chi connectivity index (χ1n) is 8.52. The van der Waals surface area contributed by atoms with Crippen LogP contribution in [0.3, 0.4) is 0 Å². The van der Waals surface area contributed by atoms with Gasteiger partial charge >= 0.3 is 0 Å². The van der Waals surface area contributed by atoms with E-state index >= 15 is 0 Å². The van der Waals surface area contributed by atoms with E-state index in [9.17, 15) is 4.79 Å². The highest BCUT2D eigenvalue weighted by atomic mass is 16.5. The lowest BCUT2D eigenvalue weighted by Crippen LogP contribution is -2.30. The molecular formula is C19H19N3O3. The second-order valence-corrected chi connectivity index (χ2v) is 6.14. The van der Waals surface area contributed by atoms with E-state index in [1.54, 1.807) is 6.26 Å². The Labute approximate surface area is 145 Å². The Balaban J connectivity index is 1.38. The molecule has 4 rings (SSSR count). The van der Waals surface area contributed by atoms with E-state index in [2.05, 4.69) is 10.1 Å². The van der Waals surface area contributed by atoms with Crippen LogP contribution in [0.4, 0.5) is 0 Å². The van der Waals surface area contributed by atoms with Crippen molar-refractivity contribution >= 4 is 5.91 Å². The maximum Gasteiger partial charge on any atom is 0.227 e. The van der Waals surface area contributed by atoms with Crippen LogP contribution in [0, 0.1) is 0 Å². The summed E-state index contributed by atoms with van der Waals surface area (Å²) in [5.41, 5.74) is 0.904. The van der Waals surface area contributed by atoms with Crippen LogP contribution in [-0.2, 0) is 11.2 Å². The number of furan rings is 1. The summed E-state index contributed by atoms with van der Waals surface area (Å²) in [6.07, 6.45) is 4.39. The number of hydrogen-bond acceptors (Lipinski definition) is 5. The first kappa shape index (κ1) is 15.6. The second-order valence-electron chi connectivity index (χ2n) is 6.14. The molecule has 0 spiro atoms. The van der Waals surface area contributed by atoms with E-state index in [1.807, 2.05) is 47.4 Å². The Bertz CT molecular complexity index is 827. The molecule has 0 radical (unpaired) electrons. The van der Waals surface area contributed by atoms with Crippen LogP contribution in [0.1, 0.15) is 37.0 Å². The van der Waals surface area contributed by atoms with Crippen LogP contribution in [0.5, 0.6) is 0 Å². The van der Waals surface area contributed by atoms with Gasteiger partial charge in [0.15, 0.2) is 0 Å². The van der Waals surface area contributed by atoms with Crippen LogP contribution in [0.25, 0.3) is 11.4 Å². The number of hydrogen-bond donors (Lipinski definition) is 0. The van der Waals surface area contributed by atoms with Crippen molar-refractivity contribution in [1.82, 2.24) is 15.0 Å². The molecule has 128 valence electrons. The highest BCUT2D eigenvalue weighted by Gasteiger charge is 2.31. The molecule has 1 atom stereocenters. The van der Waals surface area contributed by atoms with Crippen molar-refractivity contribution in [3.8, 4) is 11.4 Å². The predicted molar refractivity (Wildman–Crippen MR) is 90.5 cm³/mol. The van der Waals surface area contributed by atoms with Gasteiger partial charge < -0.3 is 13.8 Å². The summed E-state index contributed by atoms with van der Waals surface area (Å²) in [6, 6.07) is 13.5. The quantitative estimate of drug-likeness (QED) is 0.711. The Morgan fingerprint density at radius 3 is 2.88 bits per heavy atom. The zero-order valence-corrected chi connectivity index (χ0v) is 13.8. The molecular weight excluding hydrogens is 318 g/mol. The Hall–Kier alpha value is -2.89. The van der Waals surface area contributed by atoms with Crippen LogP contribution in [0.2, 0.25) is 0 Å². The lowest BCUT2D eigenvalue weighted by molar-refractivity contribution is -0.132. The number of aryl methyl sites for hydroxylation is 1. The van der Waals surface area contributed by atoms with Gasteiger partial charge in [0.1, 0.15) is 5.76 Å². The third-order valence-corrected chi connectivity index (χ3v) is 4.50. The summed E-state index contributed by atoms with van der Waals surface area (Å²) in [5.74, 6) is 1.99. The Morgan fingerprint density at radius 2 is 2.08 bits per heavy atom. The highest BCUT2D eigenvalue weighted by Crippen LogP contribution is 2.32. The lowest BCUT2D eigenvalue weighted by atomic mass is 10.1. The SMILES string of the molecule is O=C(CCc1nc(-c2ccccc2)no1)N1CCCC1c1ccco1. The summed E-state index contributed by atoms with van der Waals surface area (Å²) in [4.78, 5) is 18.9. The second kappa shape index (κ2) is 6.93. The van der Waals surface area contributed by atoms with Gasteiger partial charge in [0.2, 0.25) is 17.6 Å². The fourth-order valence-electron chi connectivity index (χ4n) is 3.26. The topological polar surface area (TPSA) is 72.4 Å². The molecule has 1 aromatic carbocycles. The average molecular weight is 337 g/mol. The summed E-state index contributed by atoms with van der Waals surface area (Å²) < 4.78 is 10.8. The van der Waals surface area contributed by atoms with Crippen molar-refractivity contribution in [2.45, 2.75) is 31.7 Å². The monoisotopic (exact) mass is 337 g/mol. The molecule has 0 bridgehead atoms. The number of amides is 1. The molecule has 3 aromatic rings. The molecule has 1 saturated heterocycles. The van der Waals surface area contributed by atoms with Gasteiger partial charge in [-0.25, -0.2) is 0 Å². The highest BCUT2D eigenvalue weighted by molar-refractivity contribution is 5.77. The van der Waals surface area contributed by atoms with Gasteiger partial charge in [-0.05, 0) is 25.0 Å². The van der Waals surface area contributed by atoms with Crippen molar-refractivity contribution in [2.24, 2.45) is 0 Å². The standard InChI is InChI=1S/C19H19N3O3/c23-18(22-12-4-8-15(22)16-9-5-13-24-16)11-10-17-20-19(21-25-17)14-6-2-1-3-7-14/h1-3,5-7,9,13,15H,4,8,10-12H2. The molecule has 1 unspecified atom stereocenters. The van der Waals surface area contributed by atoms with Crippen LogP contribution in [0.15, 0.2) is 57.7 Å². The van der Waals surface area contributed by atoms with Gasteiger partial charge in [-0.3, -0.25) is 4.79 Å². The molecule has 0 aliphatic carbocycles. The summed E-state index contributed by atoms with van der Waals surface area (Å²) in [7, 11) is 0. The molecule has 6 nitrogen and oxygen atoms in total. The normalized spacial score (nSPS) is 17.1. The first-order valence-corrected chi connectivity index (χ1v) is 8.52. The van der Waals surface area contributed by atoms with E-state index in [-0.39, 0.29) is 11.9 Å². The molecule has 6 heteroatoms. The minimum atomic E-state index is 0.0464. The molecule has 0 N–H and O–H groups in total. The molecule has 1 amide bonds. The van der Waals surface area contributed by atoms with Gasteiger partial charge in [0.05, 0.1) is 12.3 Å². The molecule has 0 saturated carbocycles. The van der Waals surface area contributed by atoms with Crippen LogP contribution >= 0.6 is 0 Å². The summed E-state index contributed by atoms with van der Waals surface area (Å²) >= 11 is 0. The maximum absolute atomic E-state index is 12.6. The molecule has 1 aliphatic heterocycles. The molecule has 2 aromatic heterocycles. The van der Waals surface area contributed by atoms with Crippen LogP contribution < -0.4 is 0 Å². The zero-order chi connectivity index (χ0) is 17.1. The summed E-state index contributed by atoms with van der Waals surface area (Å²) in [5, 5.41) is 3.99. The van der Waals surface area contributed by atoms with Crippen molar-refractivity contribution in [2.75, 3.05) is 6.54 Å². The number of nitrogens with zero attached hydrogens (tertiary/aromatic N) is 3. The van der Waals surface area contributed by atoms with Crippen molar-refractivity contribution < 1.29 is 13.7 Å². The van der Waals surface area contributed by atoms with Gasteiger partial charge in [-0.2, -0.15) is 4.98 Å². The minimum absolute atomic E-state index is 0.0464. The maximum atomic E-state index is 12.6. The van der Waals surface area contributed by atoms with E-state index in [1.165, 1.54) is 0 Å². The fraction of sp³-hybridized carbons (Fsp3) is 0.316. The number of rotatable bonds is 5. The zero-order valence-electron chi connectivity index (χ0n) is 13.8. The van der Waals surface area contributed by atoms with E-state index in [4.69, 9.17) is 8.94 Å². The molecule has 25 heavy (non-hydrogen) atoms. The number of benzene rings is 1. The van der Waals surface area contributed by atoms with Gasteiger partial charge in [0, 0.05) is 24.9 Å². The van der Waals surface area contributed by atoms with Gasteiger partial charge in [-0.15, -0.1) is 0 Å². The van der Waals surface area contributed by atoms with Crippen molar-refractivity contribution in [3.05, 3.63) is 60.4 Å². The van der Waals surface area contributed by atoms with Gasteiger partial charge in [0.25, 0.3) is 0 Å². The van der Waals surface area contributed by atoms with E-state index in [0.717, 1.165) is 30.7 Å².